The van der Waals surface area contributed by atoms with E-state index in [-0.39, 0.29) is 5.91 Å². The average molecular weight is 433 g/mol. The molecule has 3 heterocycles. The van der Waals surface area contributed by atoms with Crippen LogP contribution in [0.15, 0.2) is 30.3 Å². The molecule has 1 aromatic carbocycles. The first-order valence-corrected chi connectivity index (χ1v) is 12.5. The molecule has 31 heavy (non-hydrogen) atoms. The second kappa shape index (κ2) is 7.90. The molecule has 6 rings (SSSR count). The van der Waals surface area contributed by atoms with E-state index in [0.29, 0.717) is 5.92 Å². The number of aromatic nitrogens is 2. The predicted molar refractivity (Wildman–Crippen MR) is 125 cm³/mol. The number of piperazine rings is 1. The highest BCUT2D eigenvalue weighted by Gasteiger charge is 2.31. The van der Waals surface area contributed by atoms with Crippen LogP contribution in [0.2, 0.25) is 0 Å². The number of benzene rings is 1. The van der Waals surface area contributed by atoms with E-state index in [4.69, 9.17) is 9.97 Å². The van der Waals surface area contributed by atoms with Gasteiger partial charge in [0, 0.05) is 42.5 Å². The van der Waals surface area contributed by atoms with Crippen molar-refractivity contribution in [3.63, 3.8) is 0 Å². The predicted octanol–water partition coefficient (Wildman–Crippen LogP) is 4.80. The maximum atomic E-state index is 12.9. The molecule has 2 fully saturated rings. The monoisotopic (exact) mass is 432 g/mol. The normalized spacial score (nSPS) is 19.4. The van der Waals surface area contributed by atoms with E-state index in [0.717, 1.165) is 49.8 Å². The van der Waals surface area contributed by atoms with Gasteiger partial charge in [0.2, 0.25) is 0 Å². The molecule has 1 aliphatic heterocycles. The molecule has 1 saturated carbocycles. The van der Waals surface area contributed by atoms with Gasteiger partial charge in [-0.25, -0.2) is 9.97 Å². The van der Waals surface area contributed by atoms with Gasteiger partial charge in [-0.3, -0.25) is 4.79 Å². The van der Waals surface area contributed by atoms with E-state index >= 15 is 0 Å². The first-order valence-electron chi connectivity index (χ1n) is 11.7. The summed E-state index contributed by atoms with van der Waals surface area (Å²) >= 11 is 1.91. The Morgan fingerprint density at radius 2 is 1.71 bits per heavy atom. The van der Waals surface area contributed by atoms with Gasteiger partial charge in [-0.2, -0.15) is 0 Å². The first-order chi connectivity index (χ1) is 15.3. The van der Waals surface area contributed by atoms with Gasteiger partial charge < -0.3 is 9.80 Å². The smallest absolute Gasteiger partial charge is 0.253 e. The zero-order valence-electron chi connectivity index (χ0n) is 17.8. The zero-order chi connectivity index (χ0) is 20.8. The molecule has 0 radical (unpaired) electrons. The summed E-state index contributed by atoms with van der Waals surface area (Å²) in [6.07, 6.45) is 8.65. The van der Waals surface area contributed by atoms with Crippen molar-refractivity contribution < 1.29 is 4.79 Å². The Kier molecular flexibility index (Phi) is 4.90. The van der Waals surface area contributed by atoms with Gasteiger partial charge in [0.05, 0.1) is 5.39 Å². The molecule has 2 aromatic heterocycles. The number of rotatable bonds is 3. The van der Waals surface area contributed by atoms with Crippen molar-refractivity contribution in [1.82, 2.24) is 14.9 Å². The van der Waals surface area contributed by atoms with Crippen molar-refractivity contribution in [2.24, 2.45) is 0 Å². The highest BCUT2D eigenvalue weighted by molar-refractivity contribution is 7.19. The van der Waals surface area contributed by atoms with E-state index in [2.05, 4.69) is 4.90 Å². The Bertz CT molecular complexity index is 1110. The quantitative estimate of drug-likeness (QED) is 0.558. The molecule has 0 unspecified atom stereocenters. The van der Waals surface area contributed by atoms with Crippen LogP contribution in [0.4, 0.5) is 5.82 Å². The van der Waals surface area contributed by atoms with Crippen LogP contribution in [0.25, 0.3) is 10.2 Å². The van der Waals surface area contributed by atoms with Crippen molar-refractivity contribution >= 4 is 33.3 Å². The molecular formula is C25H28N4OS. The summed E-state index contributed by atoms with van der Waals surface area (Å²) in [4.78, 5) is 30.2. The minimum Gasteiger partial charge on any atom is -0.352 e. The fourth-order valence-corrected chi connectivity index (χ4v) is 6.23. The van der Waals surface area contributed by atoms with E-state index in [1.54, 1.807) is 0 Å². The lowest BCUT2D eigenvalue weighted by molar-refractivity contribution is 0.0746. The Morgan fingerprint density at radius 1 is 0.935 bits per heavy atom. The van der Waals surface area contributed by atoms with Crippen LogP contribution >= 0.6 is 11.3 Å². The number of anilines is 1. The molecule has 6 heteroatoms. The van der Waals surface area contributed by atoms with Crippen molar-refractivity contribution in [3.05, 3.63) is 52.2 Å². The van der Waals surface area contributed by atoms with Crippen LogP contribution in [0.3, 0.4) is 0 Å². The molecular weight excluding hydrogens is 404 g/mol. The fraction of sp³-hybridized carbons (Fsp3) is 0.480. The number of thiophene rings is 1. The number of amides is 1. The number of carbonyl (C=O) groups excluding carboxylic acids is 1. The largest absolute Gasteiger partial charge is 0.352 e. The number of fused-ring (bicyclic) bond motifs is 3. The second-order valence-electron chi connectivity index (χ2n) is 9.07. The number of nitrogens with zero attached hydrogens (tertiary/aromatic N) is 4. The Labute approximate surface area is 187 Å². The highest BCUT2D eigenvalue weighted by Crippen LogP contribution is 2.44. The minimum atomic E-state index is 0.135. The van der Waals surface area contributed by atoms with Crippen LogP contribution in [0.1, 0.15) is 64.6 Å². The number of hydrogen-bond acceptors (Lipinski definition) is 5. The zero-order valence-corrected chi connectivity index (χ0v) is 18.7. The molecule has 3 aliphatic rings. The van der Waals surface area contributed by atoms with Crippen LogP contribution in [0, 0.1) is 0 Å². The third-order valence-electron chi connectivity index (χ3n) is 6.89. The third kappa shape index (κ3) is 3.61. The van der Waals surface area contributed by atoms with E-state index in [1.165, 1.54) is 59.2 Å². The van der Waals surface area contributed by atoms with Crippen molar-refractivity contribution in [3.8, 4) is 0 Å². The van der Waals surface area contributed by atoms with Crippen molar-refractivity contribution in [2.45, 2.75) is 50.9 Å². The lowest BCUT2D eigenvalue weighted by Gasteiger charge is -2.36. The third-order valence-corrected chi connectivity index (χ3v) is 8.08. The Morgan fingerprint density at radius 3 is 2.48 bits per heavy atom. The van der Waals surface area contributed by atoms with Crippen LogP contribution < -0.4 is 4.90 Å². The lowest BCUT2D eigenvalue weighted by atomic mass is 10.1. The van der Waals surface area contributed by atoms with Gasteiger partial charge >= 0.3 is 0 Å². The SMILES string of the molecule is O=C(c1ccccc1)N1CCN(c2nc(C3CC3)nc3sc4c(c23)CCCCC4)CC1. The Balaban J connectivity index is 1.31. The average Bonchev–Trinajstić information content (AvgIpc) is 3.64. The minimum absolute atomic E-state index is 0.135. The van der Waals surface area contributed by atoms with E-state index < -0.39 is 0 Å². The summed E-state index contributed by atoms with van der Waals surface area (Å²) in [6, 6.07) is 9.64. The molecule has 1 amide bonds. The first kappa shape index (κ1) is 19.2. The summed E-state index contributed by atoms with van der Waals surface area (Å²) in [6.45, 7) is 3.15. The molecule has 0 bridgehead atoms. The number of carbonyl (C=O) groups is 1. The van der Waals surface area contributed by atoms with Gasteiger partial charge in [0.15, 0.2) is 0 Å². The molecule has 0 atom stereocenters. The van der Waals surface area contributed by atoms with Gasteiger partial charge in [0.25, 0.3) is 5.91 Å². The lowest BCUT2D eigenvalue weighted by Crippen LogP contribution is -2.49. The highest BCUT2D eigenvalue weighted by atomic mass is 32.1. The summed E-state index contributed by atoms with van der Waals surface area (Å²) in [5.41, 5.74) is 2.29. The number of aryl methyl sites for hydroxylation is 2. The summed E-state index contributed by atoms with van der Waals surface area (Å²) < 4.78 is 0. The van der Waals surface area contributed by atoms with E-state index in [1.807, 2.05) is 46.6 Å². The molecule has 0 N–H and O–H groups in total. The summed E-state index contributed by atoms with van der Waals surface area (Å²) in [5, 5.41) is 1.31. The second-order valence-corrected chi connectivity index (χ2v) is 10.2. The Hall–Kier alpha value is -2.47. The van der Waals surface area contributed by atoms with Gasteiger partial charge in [-0.15, -0.1) is 11.3 Å². The maximum absolute atomic E-state index is 12.9. The van der Waals surface area contributed by atoms with E-state index in [9.17, 15) is 4.79 Å². The molecule has 5 nitrogen and oxygen atoms in total. The van der Waals surface area contributed by atoms with Crippen LogP contribution in [-0.2, 0) is 12.8 Å². The van der Waals surface area contributed by atoms with Gasteiger partial charge in [-0.1, -0.05) is 24.6 Å². The topological polar surface area (TPSA) is 49.3 Å². The summed E-state index contributed by atoms with van der Waals surface area (Å²) in [5.74, 6) is 2.86. The van der Waals surface area contributed by atoms with Crippen LogP contribution in [-0.4, -0.2) is 47.0 Å². The summed E-state index contributed by atoms with van der Waals surface area (Å²) in [7, 11) is 0. The van der Waals surface area contributed by atoms with Crippen LogP contribution in [0.5, 0.6) is 0 Å². The molecule has 2 aliphatic carbocycles. The van der Waals surface area contributed by atoms with Gasteiger partial charge in [0.1, 0.15) is 16.5 Å². The standard InChI is InChI=1S/C25H28N4OS/c30-25(18-7-3-1-4-8-18)29-15-13-28(14-16-29)23-21-19-9-5-2-6-10-20(19)31-24(21)27-22(26-23)17-11-12-17/h1,3-4,7-8,17H,2,5-6,9-16H2. The maximum Gasteiger partial charge on any atom is 0.253 e. The molecule has 1 saturated heterocycles. The number of hydrogen-bond donors (Lipinski definition) is 0. The fourth-order valence-electron chi connectivity index (χ4n) is 4.97. The molecule has 0 spiro atoms. The van der Waals surface area contributed by atoms with Crippen molar-refractivity contribution in [2.75, 3.05) is 31.1 Å². The molecule has 3 aromatic rings. The molecule has 160 valence electrons. The van der Waals surface area contributed by atoms with Gasteiger partial charge in [-0.05, 0) is 56.2 Å². The van der Waals surface area contributed by atoms with Crippen molar-refractivity contribution in [1.29, 1.82) is 0 Å².